The Morgan fingerprint density at radius 3 is 1.97 bits per heavy atom. The lowest BCUT2D eigenvalue weighted by Gasteiger charge is -2.31. The summed E-state index contributed by atoms with van der Waals surface area (Å²) in [6.07, 6.45) is 7.05. The van der Waals surface area contributed by atoms with Crippen LogP contribution in [-0.2, 0) is 10.8 Å². The van der Waals surface area contributed by atoms with Crippen molar-refractivity contribution in [3.63, 3.8) is 0 Å². The molecule has 0 heterocycles. The normalized spacial score (nSPS) is 19.8. The van der Waals surface area contributed by atoms with E-state index in [-0.39, 0.29) is 16.2 Å². The molecule has 155 valence electrons. The zero-order chi connectivity index (χ0) is 21.9. The molecule has 0 atom stereocenters. The van der Waals surface area contributed by atoms with Crippen molar-refractivity contribution in [2.45, 2.75) is 93.4 Å². The summed E-state index contributed by atoms with van der Waals surface area (Å²) < 4.78 is 0. The Kier molecular flexibility index (Phi) is 5.18. The van der Waals surface area contributed by atoms with Crippen LogP contribution in [0.5, 0.6) is 0 Å². The maximum Gasteiger partial charge on any atom is 0.0117 e. The molecule has 0 heteroatoms. The summed E-state index contributed by atoms with van der Waals surface area (Å²) in [5.74, 6) is 0. The third kappa shape index (κ3) is 3.60. The molecule has 0 N–H and O–H groups in total. The zero-order valence-corrected chi connectivity index (χ0v) is 20.5. The van der Waals surface area contributed by atoms with Gasteiger partial charge in [-0.1, -0.05) is 85.2 Å². The molecule has 1 aromatic rings. The van der Waals surface area contributed by atoms with Gasteiger partial charge in [-0.25, -0.2) is 0 Å². The predicted molar refractivity (Wildman–Crippen MR) is 128 cm³/mol. The van der Waals surface area contributed by atoms with Crippen LogP contribution in [0.4, 0.5) is 0 Å². The summed E-state index contributed by atoms with van der Waals surface area (Å²) in [5.41, 5.74) is 13.1. The Bertz CT molecular complexity index is 970. The lowest BCUT2D eigenvalue weighted by Crippen LogP contribution is -2.19. The van der Waals surface area contributed by atoms with E-state index in [1.807, 2.05) is 0 Å². The molecule has 0 bridgehead atoms. The molecule has 2 aliphatic carbocycles. The van der Waals surface area contributed by atoms with Gasteiger partial charge >= 0.3 is 0 Å². The summed E-state index contributed by atoms with van der Waals surface area (Å²) in [6.45, 7) is 25.5. The van der Waals surface area contributed by atoms with E-state index in [2.05, 4.69) is 107 Å². The van der Waals surface area contributed by atoms with Gasteiger partial charge in [0.05, 0.1) is 0 Å². The second kappa shape index (κ2) is 6.86. The highest BCUT2D eigenvalue weighted by molar-refractivity contribution is 5.88. The molecule has 0 spiro atoms. The van der Waals surface area contributed by atoms with Crippen molar-refractivity contribution in [1.29, 1.82) is 0 Å². The molecule has 0 aliphatic heterocycles. The zero-order valence-electron chi connectivity index (χ0n) is 20.5. The van der Waals surface area contributed by atoms with Gasteiger partial charge in [0.2, 0.25) is 0 Å². The second-order valence-electron chi connectivity index (χ2n) is 11.5. The van der Waals surface area contributed by atoms with Crippen molar-refractivity contribution in [3.05, 3.63) is 74.9 Å². The van der Waals surface area contributed by atoms with Gasteiger partial charge < -0.3 is 0 Å². The smallest absolute Gasteiger partial charge is 0.0117 e. The third-order valence-corrected chi connectivity index (χ3v) is 7.15. The molecular formula is C29H39. The summed E-state index contributed by atoms with van der Waals surface area (Å²) in [6, 6.07) is 7.12. The standard InChI is InChI=1S/C29H39/c1-18-19(2)26(29(10,11)20(18)3)23-14-12-13-22(23)24-17-21(27(4,5)6)15-16-25(24)28(7,8)9/h14-17H,12H2,1-11H3. The predicted octanol–water partition coefficient (Wildman–Crippen LogP) is 8.49. The maximum atomic E-state index is 3.75. The number of rotatable bonds is 2. The first kappa shape index (κ1) is 21.9. The summed E-state index contributed by atoms with van der Waals surface area (Å²) in [4.78, 5) is 0. The Morgan fingerprint density at radius 1 is 0.862 bits per heavy atom. The van der Waals surface area contributed by atoms with Gasteiger partial charge in [0.15, 0.2) is 0 Å². The van der Waals surface area contributed by atoms with Gasteiger partial charge in [-0.2, -0.15) is 0 Å². The van der Waals surface area contributed by atoms with Gasteiger partial charge in [-0.15, -0.1) is 0 Å². The average Bonchev–Trinajstić information content (AvgIpc) is 3.11. The van der Waals surface area contributed by atoms with E-state index in [1.165, 1.54) is 50.1 Å². The number of hydrogen-bond acceptors (Lipinski definition) is 0. The van der Waals surface area contributed by atoms with Crippen LogP contribution in [0.2, 0.25) is 0 Å². The van der Waals surface area contributed by atoms with Crippen molar-refractivity contribution in [3.8, 4) is 0 Å². The molecule has 1 radical (unpaired) electrons. The number of allylic oxidation sites excluding steroid dienone is 8. The average molecular weight is 388 g/mol. The van der Waals surface area contributed by atoms with Crippen LogP contribution >= 0.6 is 0 Å². The van der Waals surface area contributed by atoms with E-state index in [4.69, 9.17) is 0 Å². The largest absolute Gasteiger partial charge is 0.0719 e. The van der Waals surface area contributed by atoms with Crippen LogP contribution in [0.25, 0.3) is 5.57 Å². The van der Waals surface area contributed by atoms with Crippen molar-refractivity contribution in [2.24, 2.45) is 5.41 Å². The Morgan fingerprint density at radius 2 is 1.48 bits per heavy atom. The molecule has 2 aliphatic rings. The van der Waals surface area contributed by atoms with E-state index < -0.39 is 0 Å². The Balaban J connectivity index is 2.21. The molecule has 3 rings (SSSR count). The number of benzene rings is 1. The Hall–Kier alpha value is -1.82. The van der Waals surface area contributed by atoms with Crippen LogP contribution in [0.1, 0.15) is 99.3 Å². The third-order valence-electron chi connectivity index (χ3n) is 7.15. The SMILES string of the molecule is CC1=C(C)C(C)(C)C(C2=CC[C]=C2c2cc(C(C)(C)C)ccc2C(C)(C)C)=C1C. The van der Waals surface area contributed by atoms with Crippen molar-refractivity contribution < 1.29 is 0 Å². The summed E-state index contributed by atoms with van der Waals surface area (Å²) >= 11 is 0. The highest BCUT2D eigenvalue weighted by Gasteiger charge is 2.38. The summed E-state index contributed by atoms with van der Waals surface area (Å²) in [5, 5.41) is 0. The van der Waals surface area contributed by atoms with E-state index in [1.54, 1.807) is 0 Å². The highest BCUT2D eigenvalue weighted by atomic mass is 14.4. The Labute approximate surface area is 179 Å². The lowest BCUT2D eigenvalue weighted by molar-refractivity contribution is 0.556. The van der Waals surface area contributed by atoms with Gasteiger partial charge in [-0.05, 0) is 88.7 Å². The van der Waals surface area contributed by atoms with Crippen LogP contribution in [-0.4, -0.2) is 0 Å². The first-order valence-corrected chi connectivity index (χ1v) is 11.0. The van der Waals surface area contributed by atoms with Crippen molar-refractivity contribution in [1.82, 2.24) is 0 Å². The van der Waals surface area contributed by atoms with Gasteiger partial charge in [0.1, 0.15) is 0 Å². The molecule has 29 heavy (non-hydrogen) atoms. The lowest BCUT2D eigenvalue weighted by atomic mass is 9.73. The first-order chi connectivity index (χ1) is 13.2. The van der Waals surface area contributed by atoms with Crippen LogP contribution in [0.3, 0.4) is 0 Å². The maximum absolute atomic E-state index is 3.75. The molecule has 0 nitrogen and oxygen atoms in total. The fourth-order valence-electron chi connectivity index (χ4n) is 4.92. The molecule has 0 unspecified atom stereocenters. The fraction of sp³-hybridized carbons (Fsp3) is 0.517. The molecule has 0 amide bonds. The molecular weight excluding hydrogens is 348 g/mol. The van der Waals surface area contributed by atoms with Crippen LogP contribution < -0.4 is 0 Å². The topological polar surface area (TPSA) is 0 Å². The van der Waals surface area contributed by atoms with Crippen molar-refractivity contribution in [2.75, 3.05) is 0 Å². The monoisotopic (exact) mass is 387 g/mol. The van der Waals surface area contributed by atoms with E-state index >= 15 is 0 Å². The number of hydrogen-bond donors (Lipinski definition) is 0. The first-order valence-electron chi connectivity index (χ1n) is 11.0. The van der Waals surface area contributed by atoms with Crippen LogP contribution in [0, 0.1) is 11.5 Å². The molecule has 0 aromatic heterocycles. The molecule has 1 aromatic carbocycles. The van der Waals surface area contributed by atoms with E-state index in [9.17, 15) is 0 Å². The summed E-state index contributed by atoms with van der Waals surface area (Å²) in [7, 11) is 0. The minimum Gasteiger partial charge on any atom is -0.0719 e. The molecule has 0 saturated carbocycles. The highest BCUT2D eigenvalue weighted by Crippen LogP contribution is 2.53. The minimum atomic E-state index is 0.0702. The quantitative estimate of drug-likeness (QED) is 0.477. The second-order valence-corrected chi connectivity index (χ2v) is 11.5. The fourth-order valence-corrected chi connectivity index (χ4v) is 4.92. The molecule has 0 saturated heterocycles. The van der Waals surface area contributed by atoms with Gasteiger partial charge in [0.25, 0.3) is 0 Å². The van der Waals surface area contributed by atoms with Gasteiger partial charge in [-0.3, -0.25) is 0 Å². The van der Waals surface area contributed by atoms with E-state index in [0.717, 1.165) is 6.42 Å². The van der Waals surface area contributed by atoms with Gasteiger partial charge in [0, 0.05) is 5.41 Å². The molecule has 0 fully saturated rings. The van der Waals surface area contributed by atoms with Crippen molar-refractivity contribution >= 4 is 5.57 Å². The van der Waals surface area contributed by atoms with Crippen LogP contribution in [0.15, 0.2) is 52.1 Å². The minimum absolute atomic E-state index is 0.0702. The van der Waals surface area contributed by atoms with E-state index in [0.29, 0.717) is 0 Å².